The van der Waals surface area contributed by atoms with Crippen molar-refractivity contribution in [2.45, 2.75) is 12.5 Å². The Morgan fingerprint density at radius 3 is 2.95 bits per heavy atom. The van der Waals surface area contributed by atoms with E-state index in [9.17, 15) is 9.90 Å². The standard InChI is InChI=1S/C13H17NO5/c1-13(16,7-17-2)6-14-12(15)9-3-4-10-11(5-9)19-8-18-10/h3-5,16H,6-8H2,1-2H3,(H,14,15). The molecular weight excluding hydrogens is 250 g/mol. The van der Waals surface area contributed by atoms with Crippen LogP contribution in [0.2, 0.25) is 0 Å². The topological polar surface area (TPSA) is 77.0 Å². The monoisotopic (exact) mass is 267 g/mol. The predicted molar refractivity (Wildman–Crippen MR) is 67.4 cm³/mol. The number of rotatable bonds is 5. The van der Waals surface area contributed by atoms with Crippen molar-refractivity contribution >= 4 is 5.91 Å². The first kappa shape index (κ1) is 13.6. The van der Waals surface area contributed by atoms with Crippen molar-refractivity contribution in [3.63, 3.8) is 0 Å². The third-order valence-corrected chi connectivity index (χ3v) is 2.72. The number of aliphatic hydroxyl groups is 1. The normalized spacial score (nSPS) is 15.9. The predicted octanol–water partition coefficient (Wildman–Crippen LogP) is 0.542. The van der Waals surface area contributed by atoms with Crippen LogP contribution in [0.4, 0.5) is 0 Å². The second kappa shape index (κ2) is 5.46. The van der Waals surface area contributed by atoms with Crippen LogP contribution in [-0.2, 0) is 4.74 Å². The second-order valence-corrected chi connectivity index (χ2v) is 4.68. The van der Waals surface area contributed by atoms with Crippen molar-refractivity contribution in [1.82, 2.24) is 5.32 Å². The number of fused-ring (bicyclic) bond motifs is 1. The summed E-state index contributed by atoms with van der Waals surface area (Å²) in [6.45, 7) is 2.02. The number of hydrogen-bond acceptors (Lipinski definition) is 5. The van der Waals surface area contributed by atoms with Gasteiger partial charge in [-0.05, 0) is 25.1 Å². The van der Waals surface area contributed by atoms with Gasteiger partial charge in [0.1, 0.15) is 5.60 Å². The minimum absolute atomic E-state index is 0.105. The number of carbonyl (C=O) groups excluding carboxylic acids is 1. The highest BCUT2D eigenvalue weighted by Crippen LogP contribution is 2.32. The first-order valence-electron chi connectivity index (χ1n) is 5.91. The summed E-state index contributed by atoms with van der Waals surface area (Å²) in [5, 5.41) is 12.5. The Hall–Kier alpha value is -1.79. The molecule has 2 N–H and O–H groups in total. The Labute approximate surface area is 111 Å². The Balaban J connectivity index is 1.97. The third-order valence-electron chi connectivity index (χ3n) is 2.72. The van der Waals surface area contributed by atoms with Gasteiger partial charge in [0.2, 0.25) is 6.79 Å². The van der Waals surface area contributed by atoms with E-state index in [1.807, 2.05) is 0 Å². The van der Waals surface area contributed by atoms with Gasteiger partial charge < -0.3 is 24.6 Å². The van der Waals surface area contributed by atoms with Gasteiger partial charge in [0.15, 0.2) is 11.5 Å². The van der Waals surface area contributed by atoms with E-state index >= 15 is 0 Å². The SMILES string of the molecule is COCC(C)(O)CNC(=O)c1ccc2c(c1)OCO2. The fourth-order valence-electron chi connectivity index (χ4n) is 1.77. The molecule has 1 heterocycles. The van der Waals surface area contributed by atoms with E-state index in [0.717, 1.165) is 0 Å². The molecule has 0 bridgehead atoms. The summed E-state index contributed by atoms with van der Waals surface area (Å²) >= 11 is 0. The first-order valence-corrected chi connectivity index (χ1v) is 5.91. The fraction of sp³-hybridized carbons (Fsp3) is 0.462. The van der Waals surface area contributed by atoms with Gasteiger partial charge in [-0.15, -0.1) is 0 Å². The van der Waals surface area contributed by atoms with Gasteiger partial charge >= 0.3 is 0 Å². The maximum atomic E-state index is 11.9. The quantitative estimate of drug-likeness (QED) is 0.814. The number of nitrogens with one attached hydrogen (secondary N) is 1. The molecule has 0 fully saturated rings. The summed E-state index contributed by atoms with van der Waals surface area (Å²) in [5.74, 6) is 0.897. The van der Waals surface area contributed by atoms with Gasteiger partial charge in [0, 0.05) is 19.2 Å². The molecule has 1 aliphatic heterocycles. The number of benzene rings is 1. The van der Waals surface area contributed by atoms with Crippen molar-refractivity contribution in [3.8, 4) is 11.5 Å². The van der Waals surface area contributed by atoms with Crippen LogP contribution >= 0.6 is 0 Å². The molecule has 1 unspecified atom stereocenters. The Morgan fingerprint density at radius 2 is 2.21 bits per heavy atom. The molecule has 0 saturated heterocycles. The second-order valence-electron chi connectivity index (χ2n) is 4.68. The molecule has 0 radical (unpaired) electrons. The zero-order valence-electron chi connectivity index (χ0n) is 10.9. The highest BCUT2D eigenvalue weighted by molar-refractivity contribution is 5.94. The molecule has 104 valence electrons. The van der Waals surface area contributed by atoms with Gasteiger partial charge in [-0.2, -0.15) is 0 Å². The van der Waals surface area contributed by atoms with E-state index in [2.05, 4.69) is 5.32 Å². The summed E-state index contributed by atoms with van der Waals surface area (Å²) in [6, 6.07) is 4.95. The molecule has 0 spiro atoms. The van der Waals surface area contributed by atoms with Crippen LogP contribution in [0.3, 0.4) is 0 Å². The Kier molecular flexibility index (Phi) is 3.92. The van der Waals surface area contributed by atoms with Crippen molar-refractivity contribution in [3.05, 3.63) is 23.8 Å². The largest absolute Gasteiger partial charge is 0.454 e. The van der Waals surface area contributed by atoms with Gasteiger partial charge in [0.25, 0.3) is 5.91 Å². The van der Waals surface area contributed by atoms with Gasteiger partial charge in [-0.1, -0.05) is 0 Å². The fourth-order valence-corrected chi connectivity index (χ4v) is 1.77. The van der Waals surface area contributed by atoms with Crippen molar-refractivity contribution in [1.29, 1.82) is 0 Å². The summed E-state index contributed by atoms with van der Waals surface area (Å²) < 4.78 is 15.2. The Morgan fingerprint density at radius 1 is 1.47 bits per heavy atom. The van der Waals surface area contributed by atoms with Crippen LogP contribution in [0.15, 0.2) is 18.2 Å². The van der Waals surface area contributed by atoms with E-state index in [0.29, 0.717) is 17.1 Å². The van der Waals surface area contributed by atoms with Crippen LogP contribution in [0, 0.1) is 0 Å². The number of hydrogen-bond donors (Lipinski definition) is 2. The minimum atomic E-state index is -1.10. The third kappa shape index (κ3) is 3.36. The molecule has 6 heteroatoms. The van der Waals surface area contributed by atoms with Crippen molar-refractivity contribution in [2.24, 2.45) is 0 Å². The van der Waals surface area contributed by atoms with Crippen LogP contribution in [0.5, 0.6) is 11.5 Å². The van der Waals surface area contributed by atoms with Crippen molar-refractivity contribution in [2.75, 3.05) is 27.1 Å². The van der Waals surface area contributed by atoms with Crippen LogP contribution in [0.25, 0.3) is 0 Å². The average molecular weight is 267 g/mol. The number of methoxy groups -OCH3 is 1. The van der Waals surface area contributed by atoms with Crippen LogP contribution < -0.4 is 14.8 Å². The van der Waals surface area contributed by atoms with E-state index < -0.39 is 5.60 Å². The van der Waals surface area contributed by atoms with Crippen LogP contribution in [0.1, 0.15) is 17.3 Å². The van der Waals surface area contributed by atoms with Gasteiger partial charge in [-0.25, -0.2) is 0 Å². The molecule has 1 aliphatic rings. The molecule has 0 saturated carbocycles. The minimum Gasteiger partial charge on any atom is -0.454 e. The smallest absolute Gasteiger partial charge is 0.251 e. The van der Waals surface area contributed by atoms with E-state index in [1.54, 1.807) is 25.1 Å². The molecule has 19 heavy (non-hydrogen) atoms. The lowest BCUT2D eigenvalue weighted by Gasteiger charge is -2.22. The summed E-state index contributed by atoms with van der Waals surface area (Å²) in [6.07, 6.45) is 0. The molecule has 1 aromatic rings. The van der Waals surface area contributed by atoms with E-state index in [4.69, 9.17) is 14.2 Å². The average Bonchev–Trinajstić information content (AvgIpc) is 2.83. The maximum absolute atomic E-state index is 11.9. The van der Waals surface area contributed by atoms with Gasteiger partial charge in [-0.3, -0.25) is 4.79 Å². The summed E-state index contributed by atoms with van der Waals surface area (Å²) in [5.41, 5.74) is -0.640. The molecule has 2 rings (SSSR count). The summed E-state index contributed by atoms with van der Waals surface area (Å²) in [7, 11) is 1.49. The van der Waals surface area contributed by atoms with Gasteiger partial charge in [0.05, 0.1) is 6.61 Å². The molecule has 1 atom stereocenters. The lowest BCUT2D eigenvalue weighted by molar-refractivity contribution is -0.0147. The number of carbonyl (C=O) groups is 1. The first-order chi connectivity index (χ1) is 9.02. The molecule has 0 aliphatic carbocycles. The molecule has 1 amide bonds. The summed E-state index contributed by atoms with van der Waals surface area (Å²) in [4.78, 5) is 11.9. The van der Waals surface area contributed by atoms with E-state index in [-0.39, 0.29) is 25.9 Å². The zero-order chi connectivity index (χ0) is 13.9. The molecule has 1 aromatic carbocycles. The molecule has 6 nitrogen and oxygen atoms in total. The highest BCUT2D eigenvalue weighted by atomic mass is 16.7. The maximum Gasteiger partial charge on any atom is 0.251 e. The lowest BCUT2D eigenvalue weighted by Crippen LogP contribution is -2.43. The lowest BCUT2D eigenvalue weighted by atomic mass is 10.1. The zero-order valence-corrected chi connectivity index (χ0v) is 10.9. The van der Waals surface area contributed by atoms with E-state index in [1.165, 1.54) is 7.11 Å². The molecule has 0 aromatic heterocycles. The van der Waals surface area contributed by atoms with Crippen LogP contribution in [-0.4, -0.2) is 43.7 Å². The van der Waals surface area contributed by atoms with Crippen molar-refractivity contribution < 1.29 is 24.1 Å². The number of ether oxygens (including phenoxy) is 3. The Bertz CT molecular complexity index is 472. The highest BCUT2D eigenvalue weighted by Gasteiger charge is 2.22. The molecular formula is C13H17NO5. The number of amides is 1.